The van der Waals surface area contributed by atoms with Crippen LogP contribution in [0.2, 0.25) is 0 Å². The largest absolute Gasteiger partial charge is 0.433 e. The van der Waals surface area contributed by atoms with Gasteiger partial charge in [-0.25, -0.2) is 9.97 Å². The SMILES string of the molecule is Cc1nn(C)cc1CN1CCC(N(C)c2cc(C(F)(F)F)ncn2)C1. The molecule has 9 heteroatoms. The maximum atomic E-state index is 12.8. The van der Waals surface area contributed by atoms with Gasteiger partial charge in [-0.15, -0.1) is 0 Å². The third-order valence-electron chi connectivity index (χ3n) is 4.61. The second-order valence-corrected chi connectivity index (χ2v) is 6.46. The van der Waals surface area contributed by atoms with Gasteiger partial charge in [-0.2, -0.15) is 18.3 Å². The van der Waals surface area contributed by atoms with Gasteiger partial charge in [0.05, 0.1) is 5.69 Å². The van der Waals surface area contributed by atoms with Crippen molar-refractivity contribution < 1.29 is 13.2 Å². The molecule has 0 radical (unpaired) electrons. The molecule has 3 rings (SSSR count). The molecule has 2 aromatic rings. The monoisotopic (exact) mass is 354 g/mol. The number of hydrogen-bond acceptors (Lipinski definition) is 5. The molecule has 0 spiro atoms. The molecule has 1 aliphatic heterocycles. The minimum atomic E-state index is -4.46. The minimum Gasteiger partial charge on any atom is -0.355 e. The van der Waals surface area contributed by atoms with Crippen LogP contribution < -0.4 is 4.90 Å². The van der Waals surface area contributed by atoms with E-state index in [1.807, 2.05) is 25.1 Å². The summed E-state index contributed by atoms with van der Waals surface area (Å²) in [5.41, 5.74) is 1.27. The van der Waals surface area contributed by atoms with Crippen molar-refractivity contribution in [3.05, 3.63) is 35.5 Å². The van der Waals surface area contributed by atoms with Crippen LogP contribution in [0.15, 0.2) is 18.6 Å². The Morgan fingerprint density at radius 1 is 1.32 bits per heavy atom. The van der Waals surface area contributed by atoms with Crippen LogP contribution in [0.5, 0.6) is 0 Å². The molecule has 1 atom stereocenters. The molecular weight excluding hydrogens is 333 g/mol. The molecule has 0 N–H and O–H groups in total. The van der Waals surface area contributed by atoms with Crippen LogP contribution in [0.25, 0.3) is 0 Å². The molecule has 2 aromatic heterocycles. The highest BCUT2D eigenvalue weighted by molar-refractivity contribution is 5.40. The molecule has 1 saturated heterocycles. The first-order valence-corrected chi connectivity index (χ1v) is 8.07. The molecule has 1 fully saturated rings. The molecule has 136 valence electrons. The molecule has 0 aliphatic carbocycles. The molecule has 0 saturated carbocycles. The van der Waals surface area contributed by atoms with Gasteiger partial charge in [0.2, 0.25) is 0 Å². The summed E-state index contributed by atoms with van der Waals surface area (Å²) in [4.78, 5) is 11.4. The second-order valence-electron chi connectivity index (χ2n) is 6.46. The lowest BCUT2D eigenvalue weighted by Gasteiger charge is -2.26. The van der Waals surface area contributed by atoms with Gasteiger partial charge < -0.3 is 4.90 Å². The van der Waals surface area contributed by atoms with Crippen LogP contribution in [-0.2, 0) is 19.8 Å². The average molecular weight is 354 g/mol. The first-order valence-electron chi connectivity index (χ1n) is 8.07. The van der Waals surface area contributed by atoms with E-state index in [2.05, 4.69) is 20.0 Å². The highest BCUT2D eigenvalue weighted by Crippen LogP contribution is 2.30. The summed E-state index contributed by atoms with van der Waals surface area (Å²) < 4.78 is 40.3. The topological polar surface area (TPSA) is 50.1 Å². The van der Waals surface area contributed by atoms with Gasteiger partial charge in [0.1, 0.15) is 17.8 Å². The van der Waals surface area contributed by atoms with Crippen molar-refractivity contribution in [3.8, 4) is 0 Å². The van der Waals surface area contributed by atoms with Crippen LogP contribution in [-0.4, -0.2) is 50.8 Å². The van der Waals surface area contributed by atoms with Gasteiger partial charge >= 0.3 is 6.18 Å². The standard InChI is InChI=1S/C16H21F3N6/c1-11-12(7-23(2)22-11)8-25-5-4-13(9-25)24(3)15-6-14(16(17,18)19)20-10-21-15/h6-7,10,13H,4-5,8-9H2,1-3H3. The Bertz CT molecular complexity index is 742. The third-order valence-corrected chi connectivity index (χ3v) is 4.61. The molecule has 6 nitrogen and oxygen atoms in total. The zero-order valence-electron chi connectivity index (χ0n) is 14.5. The number of aryl methyl sites for hydroxylation is 2. The van der Waals surface area contributed by atoms with Crippen LogP contribution in [0, 0.1) is 6.92 Å². The van der Waals surface area contributed by atoms with Crippen molar-refractivity contribution in [2.75, 3.05) is 25.0 Å². The predicted molar refractivity (Wildman–Crippen MR) is 87.1 cm³/mol. The smallest absolute Gasteiger partial charge is 0.355 e. The Morgan fingerprint density at radius 2 is 2.08 bits per heavy atom. The van der Waals surface area contributed by atoms with Gasteiger partial charge in [-0.3, -0.25) is 9.58 Å². The van der Waals surface area contributed by atoms with E-state index < -0.39 is 11.9 Å². The minimum absolute atomic E-state index is 0.118. The van der Waals surface area contributed by atoms with Crippen molar-refractivity contribution in [1.29, 1.82) is 0 Å². The van der Waals surface area contributed by atoms with E-state index in [1.165, 1.54) is 5.56 Å². The van der Waals surface area contributed by atoms with E-state index >= 15 is 0 Å². The van der Waals surface area contributed by atoms with E-state index in [9.17, 15) is 13.2 Å². The normalized spacial score (nSPS) is 18.7. The molecule has 0 aromatic carbocycles. The maximum absolute atomic E-state index is 12.8. The van der Waals surface area contributed by atoms with Gasteiger partial charge in [0, 0.05) is 57.6 Å². The molecule has 1 aliphatic rings. The second kappa shape index (κ2) is 6.62. The summed E-state index contributed by atoms with van der Waals surface area (Å²) in [6.07, 6.45) is -0.605. The van der Waals surface area contributed by atoms with Crippen LogP contribution in [0.1, 0.15) is 23.4 Å². The summed E-state index contributed by atoms with van der Waals surface area (Å²) in [7, 11) is 3.68. The van der Waals surface area contributed by atoms with E-state index in [0.717, 1.165) is 44.1 Å². The zero-order chi connectivity index (χ0) is 18.2. The highest BCUT2D eigenvalue weighted by Gasteiger charge is 2.34. The van der Waals surface area contributed by atoms with Crippen LogP contribution in [0.3, 0.4) is 0 Å². The third kappa shape index (κ3) is 3.92. The number of alkyl halides is 3. The number of nitrogens with zero attached hydrogens (tertiary/aromatic N) is 6. The van der Waals surface area contributed by atoms with Crippen molar-refractivity contribution in [2.45, 2.75) is 32.1 Å². The number of likely N-dealkylation sites (tertiary alicyclic amines) is 1. The molecule has 0 bridgehead atoms. The summed E-state index contributed by atoms with van der Waals surface area (Å²) >= 11 is 0. The molecule has 3 heterocycles. The molecule has 0 amide bonds. The van der Waals surface area contributed by atoms with Crippen molar-refractivity contribution >= 4 is 5.82 Å². The van der Waals surface area contributed by atoms with E-state index in [-0.39, 0.29) is 6.04 Å². The van der Waals surface area contributed by atoms with Crippen molar-refractivity contribution in [1.82, 2.24) is 24.6 Å². The van der Waals surface area contributed by atoms with Crippen LogP contribution in [0.4, 0.5) is 19.0 Å². The fourth-order valence-electron chi connectivity index (χ4n) is 3.20. The number of halogens is 3. The Morgan fingerprint density at radius 3 is 2.72 bits per heavy atom. The van der Waals surface area contributed by atoms with E-state index in [4.69, 9.17) is 0 Å². The average Bonchev–Trinajstić information content (AvgIpc) is 3.13. The first kappa shape index (κ1) is 17.7. The predicted octanol–water partition coefficient (Wildman–Crippen LogP) is 2.25. The van der Waals surface area contributed by atoms with Gasteiger partial charge in [0.25, 0.3) is 0 Å². The number of anilines is 1. The van der Waals surface area contributed by atoms with Gasteiger partial charge in [-0.05, 0) is 13.3 Å². The number of rotatable bonds is 4. The number of likely N-dealkylation sites (N-methyl/N-ethyl adjacent to an activating group) is 1. The Balaban J connectivity index is 1.66. The quantitative estimate of drug-likeness (QED) is 0.843. The lowest BCUT2D eigenvalue weighted by atomic mass is 10.2. The lowest BCUT2D eigenvalue weighted by molar-refractivity contribution is -0.141. The molecular formula is C16H21F3N6. The van der Waals surface area contributed by atoms with Gasteiger partial charge in [0.15, 0.2) is 0 Å². The summed E-state index contributed by atoms with van der Waals surface area (Å²) in [5.74, 6) is 0.298. The Labute approximate surface area is 144 Å². The zero-order valence-corrected chi connectivity index (χ0v) is 14.5. The highest BCUT2D eigenvalue weighted by atomic mass is 19.4. The Hall–Kier alpha value is -2.16. The summed E-state index contributed by atoms with van der Waals surface area (Å²) in [5, 5.41) is 4.34. The van der Waals surface area contributed by atoms with Crippen molar-refractivity contribution in [3.63, 3.8) is 0 Å². The van der Waals surface area contributed by atoms with Gasteiger partial charge in [-0.1, -0.05) is 0 Å². The van der Waals surface area contributed by atoms with E-state index in [1.54, 1.807) is 11.7 Å². The van der Waals surface area contributed by atoms with E-state index in [0.29, 0.717) is 5.82 Å². The van der Waals surface area contributed by atoms with Crippen molar-refractivity contribution in [2.24, 2.45) is 7.05 Å². The molecule has 1 unspecified atom stereocenters. The fraction of sp³-hybridized carbons (Fsp3) is 0.562. The lowest BCUT2D eigenvalue weighted by Crippen LogP contribution is -2.35. The van der Waals surface area contributed by atoms with Crippen LogP contribution >= 0.6 is 0 Å². The molecule has 25 heavy (non-hydrogen) atoms. The number of hydrogen-bond donors (Lipinski definition) is 0. The summed E-state index contributed by atoms with van der Waals surface area (Å²) in [6.45, 7) is 4.44. The fourth-order valence-corrected chi connectivity index (χ4v) is 3.20. The number of aromatic nitrogens is 4. The Kier molecular flexibility index (Phi) is 4.68. The summed E-state index contributed by atoms with van der Waals surface area (Å²) in [6, 6.07) is 1.13. The first-order chi connectivity index (χ1) is 11.7. The maximum Gasteiger partial charge on any atom is 0.433 e.